The summed E-state index contributed by atoms with van der Waals surface area (Å²) < 4.78 is 19.6. The van der Waals surface area contributed by atoms with E-state index in [1.165, 1.54) is 23.1 Å². The van der Waals surface area contributed by atoms with Crippen LogP contribution >= 0.6 is 11.6 Å². The number of halogens is 2. The molecule has 0 spiro atoms. The molecular formula is C26H23ClFN3O4. The van der Waals surface area contributed by atoms with Crippen molar-refractivity contribution in [2.75, 3.05) is 11.9 Å². The molecule has 0 aromatic heterocycles. The topological polar surface area (TPSA) is 87.7 Å². The first kappa shape index (κ1) is 24.2. The summed E-state index contributed by atoms with van der Waals surface area (Å²) in [6, 6.07) is 18.3. The molecule has 0 saturated carbocycles. The molecule has 9 heteroatoms. The summed E-state index contributed by atoms with van der Waals surface area (Å²) >= 11 is 6.08. The zero-order chi connectivity index (χ0) is 24.9. The number of benzene rings is 3. The molecule has 2 atom stereocenters. The van der Waals surface area contributed by atoms with Gasteiger partial charge >= 0.3 is 6.09 Å². The minimum atomic E-state index is -0.945. The molecule has 0 aliphatic carbocycles. The molecule has 1 saturated heterocycles. The number of amides is 3. The van der Waals surface area contributed by atoms with Gasteiger partial charge in [0, 0.05) is 17.3 Å². The molecule has 2 unspecified atom stereocenters. The van der Waals surface area contributed by atoms with E-state index < -0.39 is 30.0 Å². The van der Waals surface area contributed by atoms with Crippen molar-refractivity contribution in [1.29, 1.82) is 0 Å². The largest absolute Gasteiger partial charge is 0.438 e. The Morgan fingerprint density at radius 3 is 2.57 bits per heavy atom. The molecule has 1 fully saturated rings. The first-order chi connectivity index (χ1) is 16.9. The molecule has 3 aromatic rings. The highest BCUT2D eigenvalue weighted by Crippen LogP contribution is 2.35. The maximum Gasteiger partial charge on any atom is 0.411 e. The molecule has 35 heavy (non-hydrogen) atoms. The zero-order valence-electron chi connectivity index (χ0n) is 18.8. The van der Waals surface area contributed by atoms with E-state index in [1.807, 2.05) is 0 Å². The van der Waals surface area contributed by atoms with Crippen molar-refractivity contribution >= 4 is 35.2 Å². The summed E-state index contributed by atoms with van der Waals surface area (Å²) in [7, 11) is 0. The average molecular weight is 496 g/mol. The number of hydrogen-bond donors (Lipinski definition) is 2. The van der Waals surface area contributed by atoms with Crippen molar-refractivity contribution in [3.8, 4) is 0 Å². The third-order valence-electron chi connectivity index (χ3n) is 5.54. The smallest absolute Gasteiger partial charge is 0.411 e. The molecule has 7 nitrogen and oxygen atoms in total. The van der Waals surface area contributed by atoms with Gasteiger partial charge in [0.15, 0.2) is 12.1 Å². The van der Waals surface area contributed by atoms with Gasteiger partial charge in [0.05, 0.1) is 12.1 Å². The van der Waals surface area contributed by atoms with E-state index in [0.717, 1.165) is 5.56 Å². The number of anilines is 1. The summed E-state index contributed by atoms with van der Waals surface area (Å²) in [4.78, 5) is 39.7. The second kappa shape index (κ2) is 10.6. The van der Waals surface area contributed by atoms with Crippen molar-refractivity contribution in [2.45, 2.75) is 25.6 Å². The number of cyclic esters (lactones) is 1. The number of nitrogens with zero attached hydrogens (tertiary/aromatic N) is 1. The normalized spacial score (nSPS) is 17.1. The fourth-order valence-electron chi connectivity index (χ4n) is 3.96. The average Bonchev–Trinajstić information content (AvgIpc) is 3.15. The second-order valence-corrected chi connectivity index (χ2v) is 8.40. The lowest BCUT2D eigenvalue weighted by atomic mass is 10.00. The Kier molecular flexibility index (Phi) is 7.31. The van der Waals surface area contributed by atoms with Gasteiger partial charge in [0.2, 0.25) is 5.91 Å². The number of hydrogen-bond acceptors (Lipinski definition) is 4. The van der Waals surface area contributed by atoms with Gasteiger partial charge in [-0.3, -0.25) is 14.5 Å². The van der Waals surface area contributed by atoms with E-state index in [-0.39, 0.29) is 18.0 Å². The van der Waals surface area contributed by atoms with Gasteiger partial charge in [-0.2, -0.15) is 0 Å². The number of nitrogens with one attached hydrogen (secondary N) is 2. The molecule has 1 heterocycles. The molecule has 0 radical (unpaired) electrons. The second-order valence-electron chi connectivity index (χ2n) is 7.96. The van der Waals surface area contributed by atoms with E-state index in [9.17, 15) is 18.8 Å². The van der Waals surface area contributed by atoms with Crippen LogP contribution in [0.15, 0.2) is 72.8 Å². The van der Waals surface area contributed by atoms with Crippen molar-refractivity contribution < 1.29 is 23.5 Å². The van der Waals surface area contributed by atoms with Gasteiger partial charge in [0.1, 0.15) is 5.82 Å². The number of carbonyl (C=O) groups excluding carboxylic acids is 3. The summed E-state index contributed by atoms with van der Waals surface area (Å²) in [6.45, 7) is 2.28. The van der Waals surface area contributed by atoms with Crippen molar-refractivity contribution in [2.24, 2.45) is 0 Å². The van der Waals surface area contributed by atoms with Crippen LogP contribution in [-0.4, -0.2) is 35.4 Å². The predicted molar refractivity (Wildman–Crippen MR) is 129 cm³/mol. The number of carbonyl (C=O) groups is 3. The maximum absolute atomic E-state index is 14.0. The lowest BCUT2D eigenvalue weighted by molar-refractivity contribution is -0.126. The summed E-state index contributed by atoms with van der Waals surface area (Å²) in [5, 5.41) is 5.92. The van der Waals surface area contributed by atoms with E-state index in [4.69, 9.17) is 16.3 Å². The summed E-state index contributed by atoms with van der Waals surface area (Å²) in [5.41, 5.74) is 1.53. The van der Waals surface area contributed by atoms with E-state index in [0.29, 0.717) is 22.8 Å². The molecule has 1 aliphatic rings. The predicted octanol–water partition coefficient (Wildman–Crippen LogP) is 4.93. The fraction of sp³-hybridized carbons (Fsp3) is 0.192. The van der Waals surface area contributed by atoms with E-state index >= 15 is 0 Å². The van der Waals surface area contributed by atoms with Crippen LogP contribution in [0.3, 0.4) is 0 Å². The third kappa shape index (κ3) is 5.44. The quantitative estimate of drug-likeness (QED) is 0.486. The lowest BCUT2D eigenvalue weighted by Crippen LogP contribution is -2.46. The molecule has 2 N–H and O–H groups in total. The molecule has 0 bridgehead atoms. The van der Waals surface area contributed by atoms with Crippen LogP contribution in [0.4, 0.5) is 14.9 Å². The Morgan fingerprint density at radius 2 is 1.83 bits per heavy atom. The van der Waals surface area contributed by atoms with Crippen molar-refractivity contribution in [3.63, 3.8) is 0 Å². The molecule has 1 aliphatic heterocycles. The van der Waals surface area contributed by atoms with Gasteiger partial charge in [-0.25, -0.2) is 9.18 Å². The monoisotopic (exact) mass is 495 g/mol. The maximum atomic E-state index is 14.0. The Bertz CT molecular complexity index is 1270. The van der Waals surface area contributed by atoms with Crippen molar-refractivity contribution in [3.05, 3.63) is 100 Å². The highest BCUT2D eigenvalue weighted by atomic mass is 35.5. The van der Waals surface area contributed by atoms with Crippen LogP contribution in [0.1, 0.15) is 34.5 Å². The standard InChI is InChI=1S/C26H23ClFN3O4/c1-2-29-25(33)22-23(35-26(34)31(22)15-16-7-5-9-18(27)13-16)17-8-6-10-19(14-17)30-24(32)20-11-3-4-12-21(20)28/h3-14,22-23H,2,15H2,1H3,(H,29,33)(H,30,32). The van der Waals surface area contributed by atoms with Crippen LogP contribution in [0, 0.1) is 5.82 Å². The van der Waals surface area contributed by atoms with Gasteiger partial charge in [-0.05, 0) is 54.4 Å². The van der Waals surface area contributed by atoms with Crippen LogP contribution < -0.4 is 10.6 Å². The van der Waals surface area contributed by atoms with Gasteiger partial charge in [-0.15, -0.1) is 0 Å². The van der Waals surface area contributed by atoms with Gasteiger partial charge < -0.3 is 15.4 Å². The van der Waals surface area contributed by atoms with Crippen LogP contribution in [0.5, 0.6) is 0 Å². The number of rotatable bonds is 7. The Hall–Kier alpha value is -3.91. The summed E-state index contributed by atoms with van der Waals surface area (Å²) in [5.74, 6) is -1.63. The highest BCUT2D eigenvalue weighted by molar-refractivity contribution is 6.30. The fourth-order valence-corrected chi connectivity index (χ4v) is 4.17. The molecule has 3 amide bonds. The summed E-state index contributed by atoms with van der Waals surface area (Å²) in [6.07, 6.45) is -1.56. The molecule has 180 valence electrons. The minimum Gasteiger partial charge on any atom is -0.438 e. The SMILES string of the molecule is CCNC(=O)C1C(c2cccc(NC(=O)c3ccccc3F)c2)OC(=O)N1Cc1cccc(Cl)c1. The third-order valence-corrected chi connectivity index (χ3v) is 5.77. The number of ether oxygens (including phenoxy) is 1. The highest BCUT2D eigenvalue weighted by Gasteiger charge is 2.46. The Morgan fingerprint density at radius 1 is 1.06 bits per heavy atom. The van der Waals surface area contributed by atoms with E-state index in [1.54, 1.807) is 61.5 Å². The van der Waals surface area contributed by atoms with Crippen LogP contribution in [0.2, 0.25) is 5.02 Å². The molecule has 3 aromatic carbocycles. The van der Waals surface area contributed by atoms with Crippen LogP contribution in [-0.2, 0) is 16.1 Å². The Labute approximate surface area is 206 Å². The first-order valence-corrected chi connectivity index (χ1v) is 11.4. The van der Waals surface area contributed by atoms with E-state index in [2.05, 4.69) is 10.6 Å². The molecular weight excluding hydrogens is 473 g/mol. The molecule has 4 rings (SSSR count). The Balaban J connectivity index is 1.61. The minimum absolute atomic E-state index is 0.0990. The first-order valence-electron chi connectivity index (χ1n) is 11.0. The number of likely N-dealkylation sites (N-methyl/N-ethyl adjacent to an activating group) is 1. The van der Waals surface area contributed by atoms with Crippen LogP contribution in [0.25, 0.3) is 0 Å². The van der Waals surface area contributed by atoms with Crippen molar-refractivity contribution in [1.82, 2.24) is 10.2 Å². The zero-order valence-corrected chi connectivity index (χ0v) is 19.6. The van der Waals surface area contributed by atoms with Gasteiger partial charge in [-0.1, -0.05) is 48.0 Å². The lowest BCUT2D eigenvalue weighted by Gasteiger charge is -2.24. The van der Waals surface area contributed by atoms with Gasteiger partial charge in [0.25, 0.3) is 5.91 Å².